The van der Waals surface area contributed by atoms with Crippen LogP contribution in [0.15, 0.2) is 42.6 Å². The predicted octanol–water partition coefficient (Wildman–Crippen LogP) is 6.11. The molecule has 4 nitrogen and oxygen atoms in total. The molecule has 3 heterocycles. The Kier molecular flexibility index (Phi) is 7.38. The Bertz CT molecular complexity index is 1250. The Morgan fingerprint density at radius 1 is 0.938 bits per heavy atom. The molecule has 0 unspecified atom stereocenters. The zero-order chi connectivity index (χ0) is 20.8. The van der Waals surface area contributed by atoms with Crippen molar-refractivity contribution >= 4 is 46.6 Å². The molecule has 1 fully saturated rings. The molecular weight excluding hydrogens is 453 g/mol. The first kappa shape index (κ1) is 24.4. The number of likely N-dealkylation sites (tertiary alicyclic amines) is 1. The summed E-state index contributed by atoms with van der Waals surface area (Å²) in [6.45, 7) is 5.36. The van der Waals surface area contributed by atoms with E-state index in [1.54, 1.807) is 24.0 Å². The van der Waals surface area contributed by atoms with Gasteiger partial charge in [-0.2, -0.15) is 5.10 Å². The van der Waals surface area contributed by atoms with Crippen molar-refractivity contribution in [3.8, 4) is 11.3 Å². The van der Waals surface area contributed by atoms with Crippen LogP contribution in [0.5, 0.6) is 0 Å². The van der Waals surface area contributed by atoms with Gasteiger partial charge in [0, 0.05) is 29.6 Å². The molecule has 1 aliphatic rings. The van der Waals surface area contributed by atoms with Gasteiger partial charge >= 0.3 is 0 Å². The monoisotopic (exact) mass is 478 g/mol. The highest BCUT2D eigenvalue weighted by molar-refractivity contribution is 5.87. The molecule has 32 heavy (non-hydrogen) atoms. The van der Waals surface area contributed by atoms with Crippen LogP contribution in [0.25, 0.3) is 33.1 Å². The maximum atomic E-state index is 15.0. The lowest BCUT2D eigenvalue weighted by molar-refractivity contribution is 0.222. The fourth-order valence-corrected chi connectivity index (χ4v) is 4.55. The smallest absolute Gasteiger partial charge is 0.151 e. The molecule has 0 amide bonds. The Labute approximate surface area is 198 Å². The molecule has 1 saturated heterocycles. The van der Waals surface area contributed by atoms with E-state index in [0.29, 0.717) is 33.6 Å². The second kappa shape index (κ2) is 9.69. The van der Waals surface area contributed by atoms with Gasteiger partial charge in [0.15, 0.2) is 5.82 Å². The molecule has 2 aromatic carbocycles. The molecule has 0 atom stereocenters. The third-order valence-corrected chi connectivity index (χ3v) is 6.25. The number of rotatable bonds is 3. The number of aryl methyl sites for hydroxylation is 1. The van der Waals surface area contributed by atoms with Crippen molar-refractivity contribution in [3.05, 3.63) is 59.8 Å². The van der Waals surface area contributed by atoms with Gasteiger partial charge in [-0.15, -0.1) is 24.8 Å². The second-order valence-corrected chi connectivity index (χ2v) is 8.18. The highest BCUT2D eigenvalue weighted by Gasteiger charge is 2.21. The average Bonchev–Trinajstić information content (AvgIpc) is 3.14. The predicted molar refractivity (Wildman–Crippen MR) is 130 cm³/mol. The summed E-state index contributed by atoms with van der Waals surface area (Å²) in [5.74, 6) is -0.335. The van der Waals surface area contributed by atoms with E-state index in [9.17, 15) is 4.39 Å². The molecule has 1 aliphatic heterocycles. The minimum atomic E-state index is -0.403. The molecular formula is C24H26Cl2F2N4. The van der Waals surface area contributed by atoms with E-state index in [4.69, 9.17) is 0 Å². The fourth-order valence-electron chi connectivity index (χ4n) is 4.55. The lowest BCUT2D eigenvalue weighted by Crippen LogP contribution is -2.32. The van der Waals surface area contributed by atoms with Crippen molar-refractivity contribution in [1.29, 1.82) is 0 Å². The first-order valence-corrected chi connectivity index (χ1v) is 10.5. The van der Waals surface area contributed by atoms with Crippen molar-refractivity contribution in [2.45, 2.75) is 25.7 Å². The van der Waals surface area contributed by atoms with Gasteiger partial charge in [0.05, 0.1) is 5.69 Å². The number of piperidine rings is 1. The van der Waals surface area contributed by atoms with Crippen molar-refractivity contribution in [2.75, 3.05) is 19.6 Å². The van der Waals surface area contributed by atoms with Gasteiger partial charge in [0.1, 0.15) is 16.9 Å². The van der Waals surface area contributed by atoms with Crippen LogP contribution in [0.4, 0.5) is 8.78 Å². The van der Waals surface area contributed by atoms with Gasteiger partial charge in [0.2, 0.25) is 0 Å². The fraction of sp³-hybridized carbons (Fsp3) is 0.333. The Hall–Kier alpha value is -2.28. The van der Waals surface area contributed by atoms with Crippen LogP contribution in [0.1, 0.15) is 31.2 Å². The third-order valence-electron chi connectivity index (χ3n) is 6.25. The molecule has 0 N–H and O–H groups in total. The third kappa shape index (κ3) is 4.45. The molecule has 0 saturated carbocycles. The lowest BCUT2D eigenvalue weighted by Gasteiger charge is -2.31. The van der Waals surface area contributed by atoms with E-state index in [-0.39, 0.29) is 30.6 Å². The summed E-state index contributed by atoms with van der Waals surface area (Å²) in [6.07, 6.45) is 3.86. The lowest BCUT2D eigenvalue weighted by atomic mass is 9.88. The second-order valence-electron chi connectivity index (χ2n) is 8.18. The summed E-state index contributed by atoms with van der Waals surface area (Å²) in [7, 11) is 1.76. The highest BCUT2D eigenvalue weighted by Crippen LogP contribution is 2.32. The maximum Gasteiger partial charge on any atom is 0.151 e. The first-order valence-electron chi connectivity index (χ1n) is 10.5. The Morgan fingerprint density at radius 3 is 2.38 bits per heavy atom. The van der Waals surface area contributed by atoms with Gasteiger partial charge in [0.25, 0.3) is 0 Å². The quantitative estimate of drug-likeness (QED) is 0.356. The van der Waals surface area contributed by atoms with Crippen LogP contribution in [0, 0.1) is 11.6 Å². The summed E-state index contributed by atoms with van der Waals surface area (Å²) < 4.78 is 31.1. The number of pyridine rings is 1. The van der Waals surface area contributed by atoms with Crippen molar-refractivity contribution in [3.63, 3.8) is 0 Å². The van der Waals surface area contributed by atoms with E-state index >= 15 is 4.39 Å². The SMILES string of the molecule is CCN1CCC(c2cc(F)c3nc(-c4cc(F)c5nn(C)cc5c4)ccc3c2)CC1.Cl.Cl. The van der Waals surface area contributed by atoms with Crippen LogP contribution in [-0.4, -0.2) is 39.3 Å². The number of aromatic nitrogens is 3. The van der Waals surface area contributed by atoms with Crippen molar-refractivity contribution < 1.29 is 8.78 Å². The molecule has 0 radical (unpaired) electrons. The number of hydrogen-bond donors (Lipinski definition) is 0. The van der Waals surface area contributed by atoms with Crippen LogP contribution in [0.2, 0.25) is 0 Å². The average molecular weight is 479 g/mol. The normalized spacial score (nSPS) is 15.0. The Balaban J connectivity index is 0.00000144. The molecule has 0 spiro atoms. The zero-order valence-corrected chi connectivity index (χ0v) is 19.6. The molecule has 2 aromatic heterocycles. The largest absolute Gasteiger partial charge is 0.304 e. The van der Waals surface area contributed by atoms with Crippen molar-refractivity contribution in [2.24, 2.45) is 7.05 Å². The van der Waals surface area contributed by atoms with Crippen LogP contribution >= 0.6 is 24.8 Å². The summed E-state index contributed by atoms with van der Waals surface area (Å²) in [5, 5.41) is 5.62. The zero-order valence-electron chi connectivity index (χ0n) is 18.0. The van der Waals surface area contributed by atoms with Gasteiger partial charge in [-0.25, -0.2) is 13.8 Å². The number of benzene rings is 2. The van der Waals surface area contributed by atoms with Crippen molar-refractivity contribution in [1.82, 2.24) is 19.7 Å². The highest BCUT2D eigenvalue weighted by atomic mass is 35.5. The molecule has 0 aliphatic carbocycles. The minimum absolute atomic E-state index is 0. The van der Waals surface area contributed by atoms with Crippen LogP contribution in [-0.2, 0) is 7.05 Å². The van der Waals surface area contributed by atoms with E-state index < -0.39 is 5.82 Å². The van der Waals surface area contributed by atoms with E-state index in [1.807, 2.05) is 18.2 Å². The molecule has 170 valence electrons. The van der Waals surface area contributed by atoms with Gasteiger partial charge in [-0.1, -0.05) is 13.0 Å². The Morgan fingerprint density at radius 2 is 1.66 bits per heavy atom. The van der Waals surface area contributed by atoms with Crippen LogP contribution < -0.4 is 0 Å². The van der Waals surface area contributed by atoms with Crippen LogP contribution in [0.3, 0.4) is 0 Å². The first-order chi connectivity index (χ1) is 14.5. The minimum Gasteiger partial charge on any atom is -0.304 e. The number of fused-ring (bicyclic) bond motifs is 2. The summed E-state index contributed by atoms with van der Waals surface area (Å²) in [6, 6.07) is 10.7. The summed E-state index contributed by atoms with van der Waals surface area (Å²) in [5.41, 5.74) is 2.87. The van der Waals surface area contributed by atoms with Gasteiger partial charge < -0.3 is 4.90 Å². The number of hydrogen-bond acceptors (Lipinski definition) is 3. The molecule has 4 aromatic rings. The molecule has 0 bridgehead atoms. The van der Waals surface area contributed by atoms with Gasteiger partial charge in [-0.05, 0) is 74.3 Å². The molecule has 8 heteroatoms. The number of nitrogens with zero attached hydrogens (tertiary/aromatic N) is 4. The van der Waals surface area contributed by atoms with Gasteiger partial charge in [-0.3, -0.25) is 4.68 Å². The number of halogens is 4. The van der Waals surface area contributed by atoms with E-state index in [1.165, 1.54) is 6.07 Å². The standard InChI is InChI=1S/C24H24F2N4.2ClH/c1-3-30-8-6-15(7-9-30)17-10-16-4-5-22(27-23(16)20(25)12-17)18-11-19-14-29(2)28-24(19)21(26)13-18;;/h4-5,10-15H,3,6-9H2,1-2H3;2*1H. The van der Waals surface area contributed by atoms with E-state index in [0.717, 1.165) is 43.4 Å². The maximum absolute atomic E-state index is 15.0. The summed E-state index contributed by atoms with van der Waals surface area (Å²) in [4.78, 5) is 6.96. The van der Waals surface area contributed by atoms with E-state index in [2.05, 4.69) is 28.0 Å². The molecule has 5 rings (SSSR count). The summed E-state index contributed by atoms with van der Waals surface area (Å²) >= 11 is 0. The topological polar surface area (TPSA) is 34.0 Å².